The Bertz CT molecular complexity index is 1190. The van der Waals surface area contributed by atoms with Gasteiger partial charge in [-0.05, 0) is 55.3 Å². The van der Waals surface area contributed by atoms with Crippen molar-refractivity contribution in [1.29, 1.82) is 0 Å². The number of nitrogens with one attached hydrogen (secondary N) is 2. The zero-order chi connectivity index (χ0) is 21.8. The predicted molar refractivity (Wildman–Crippen MR) is 126 cm³/mol. The highest BCUT2D eigenvalue weighted by molar-refractivity contribution is 7.16. The summed E-state index contributed by atoms with van der Waals surface area (Å²) < 4.78 is 5.26. The molecule has 1 aromatic carbocycles. The van der Waals surface area contributed by atoms with Gasteiger partial charge < -0.3 is 15.1 Å². The third kappa shape index (κ3) is 4.81. The second-order valence-corrected chi connectivity index (χ2v) is 8.59. The summed E-state index contributed by atoms with van der Waals surface area (Å²) in [5, 5.41) is 7.92. The summed E-state index contributed by atoms with van der Waals surface area (Å²) in [5.74, 6) is 0.708. The second-order valence-electron chi connectivity index (χ2n) is 7.05. The number of nitrogens with zero attached hydrogens (tertiary/aromatic N) is 1. The monoisotopic (exact) mass is 451 g/mol. The molecule has 3 heterocycles. The molecule has 0 unspecified atom stereocenters. The summed E-state index contributed by atoms with van der Waals surface area (Å²) in [5.41, 5.74) is 2.74. The molecule has 2 N–H and O–H groups in total. The molecule has 0 fully saturated rings. The SMILES string of the molecule is CCc1cc([C@H](Nc2cccc(C)n2)c2ccccc2Cl)c(NC(=O)c2ccco2)s1. The number of furan rings is 1. The Morgan fingerprint density at radius 2 is 1.97 bits per heavy atom. The minimum absolute atomic E-state index is 0.264. The zero-order valence-corrected chi connectivity index (χ0v) is 18.8. The number of pyridine rings is 1. The van der Waals surface area contributed by atoms with E-state index >= 15 is 0 Å². The topological polar surface area (TPSA) is 67.2 Å². The molecule has 0 saturated carbocycles. The average Bonchev–Trinajstić information content (AvgIpc) is 3.43. The highest BCUT2D eigenvalue weighted by Gasteiger charge is 2.24. The van der Waals surface area contributed by atoms with E-state index in [1.807, 2.05) is 49.4 Å². The summed E-state index contributed by atoms with van der Waals surface area (Å²) in [7, 11) is 0. The van der Waals surface area contributed by atoms with Crippen LogP contribution in [0.2, 0.25) is 5.02 Å². The highest BCUT2D eigenvalue weighted by atomic mass is 35.5. The minimum atomic E-state index is -0.300. The molecule has 7 heteroatoms. The summed E-state index contributed by atoms with van der Waals surface area (Å²) in [6.07, 6.45) is 2.34. The van der Waals surface area contributed by atoms with E-state index in [4.69, 9.17) is 16.0 Å². The number of carbonyl (C=O) groups is 1. The fourth-order valence-corrected chi connectivity index (χ4v) is 4.60. The van der Waals surface area contributed by atoms with Crippen LogP contribution in [-0.4, -0.2) is 10.9 Å². The summed E-state index contributed by atoms with van der Waals surface area (Å²) in [6, 6.07) is 18.7. The van der Waals surface area contributed by atoms with E-state index in [1.165, 1.54) is 6.26 Å². The van der Waals surface area contributed by atoms with Crippen LogP contribution >= 0.6 is 22.9 Å². The van der Waals surface area contributed by atoms with E-state index in [1.54, 1.807) is 23.5 Å². The van der Waals surface area contributed by atoms with Crippen LogP contribution in [0.15, 0.2) is 71.3 Å². The lowest BCUT2D eigenvalue weighted by molar-refractivity contribution is 0.0997. The molecule has 1 atom stereocenters. The van der Waals surface area contributed by atoms with Gasteiger partial charge in [-0.2, -0.15) is 0 Å². The maximum Gasteiger partial charge on any atom is 0.291 e. The Hall–Kier alpha value is -3.09. The fraction of sp³-hybridized carbons (Fsp3) is 0.167. The van der Waals surface area contributed by atoms with Crippen LogP contribution in [0, 0.1) is 6.92 Å². The number of thiophene rings is 1. The summed E-state index contributed by atoms with van der Waals surface area (Å²) in [4.78, 5) is 18.4. The molecular weight excluding hydrogens is 430 g/mol. The van der Waals surface area contributed by atoms with Gasteiger partial charge in [-0.25, -0.2) is 4.98 Å². The Balaban J connectivity index is 1.78. The maximum absolute atomic E-state index is 12.7. The van der Waals surface area contributed by atoms with Crippen molar-refractivity contribution >= 4 is 39.7 Å². The van der Waals surface area contributed by atoms with E-state index in [2.05, 4.69) is 28.6 Å². The molecule has 0 aliphatic heterocycles. The van der Waals surface area contributed by atoms with Gasteiger partial charge >= 0.3 is 0 Å². The van der Waals surface area contributed by atoms with Gasteiger partial charge in [0.1, 0.15) is 10.8 Å². The van der Waals surface area contributed by atoms with Crippen molar-refractivity contribution in [2.24, 2.45) is 0 Å². The molecule has 31 heavy (non-hydrogen) atoms. The van der Waals surface area contributed by atoms with Gasteiger partial charge in [-0.3, -0.25) is 4.79 Å². The van der Waals surface area contributed by atoms with Crippen molar-refractivity contribution < 1.29 is 9.21 Å². The van der Waals surface area contributed by atoms with Gasteiger partial charge in [0.2, 0.25) is 0 Å². The first kappa shape index (κ1) is 21.2. The number of anilines is 2. The van der Waals surface area contributed by atoms with Gasteiger partial charge in [-0.15, -0.1) is 11.3 Å². The van der Waals surface area contributed by atoms with Gasteiger partial charge in [-0.1, -0.05) is 42.8 Å². The van der Waals surface area contributed by atoms with Crippen LogP contribution < -0.4 is 10.6 Å². The number of carbonyl (C=O) groups excluding carboxylic acids is 1. The molecule has 0 bridgehead atoms. The van der Waals surface area contributed by atoms with E-state index in [9.17, 15) is 4.79 Å². The van der Waals surface area contributed by atoms with Crippen molar-refractivity contribution in [3.05, 3.63) is 99.4 Å². The first-order chi connectivity index (χ1) is 15.0. The predicted octanol–water partition coefficient (Wildman–Crippen LogP) is 6.71. The van der Waals surface area contributed by atoms with E-state index < -0.39 is 0 Å². The van der Waals surface area contributed by atoms with Crippen LogP contribution in [0.3, 0.4) is 0 Å². The van der Waals surface area contributed by atoms with Crippen LogP contribution in [0.1, 0.15) is 45.2 Å². The Kier molecular flexibility index (Phi) is 6.39. The molecule has 158 valence electrons. The third-order valence-electron chi connectivity index (χ3n) is 4.84. The Morgan fingerprint density at radius 1 is 1.13 bits per heavy atom. The van der Waals surface area contributed by atoms with Crippen LogP contribution in [0.25, 0.3) is 0 Å². The molecule has 0 aliphatic carbocycles. The minimum Gasteiger partial charge on any atom is -0.459 e. The van der Waals surface area contributed by atoms with Gasteiger partial charge in [0.25, 0.3) is 5.91 Å². The van der Waals surface area contributed by atoms with Crippen molar-refractivity contribution in [1.82, 2.24) is 4.98 Å². The molecule has 0 spiro atoms. The smallest absolute Gasteiger partial charge is 0.291 e. The molecule has 5 nitrogen and oxygen atoms in total. The number of aromatic nitrogens is 1. The lowest BCUT2D eigenvalue weighted by atomic mass is 9.99. The highest BCUT2D eigenvalue weighted by Crippen LogP contribution is 2.40. The van der Waals surface area contributed by atoms with Crippen molar-refractivity contribution in [3.8, 4) is 0 Å². The first-order valence-electron chi connectivity index (χ1n) is 9.97. The quantitative estimate of drug-likeness (QED) is 0.327. The van der Waals surface area contributed by atoms with E-state index in [0.29, 0.717) is 5.02 Å². The van der Waals surface area contributed by atoms with Crippen LogP contribution in [0.5, 0.6) is 0 Å². The molecule has 4 aromatic rings. The van der Waals surface area contributed by atoms with Crippen molar-refractivity contribution in [2.75, 3.05) is 10.6 Å². The van der Waals surface area contributed by atoms with Crippen LogP contribution in [-0.2, 0) is 6.42 Å². The molecule has 1 amide bonds. The average molecular weight is 452 g/mol. The lowest BCUT2D eigenvalue weighted by Crippen LogP contribution is -2.17. The van der Waals surface area contributed by atoms with E-state index in [0.717, 1.165) is 38.9 Å². The van der Waals surface area contributed by atoms with Crippen LogP contribution in [0.4, 0.5) is 10.8 Å². The maximum atomic E-state index is 12.7. The number of benzene rings is 1. The van der Waals surface area contributed by atoms with Gasteiger partial charge in [0, 0.05) is 21.2 Å². The zero-order valence-electron chi connectivity index (χ0n) is 17.2. The summed E-state index contributed by atoms with van der Waals surface area (Å²) in [6.45, 7) is 4.04. The number of amides is 1. The number of hydrogen-bond acceptors (Lipinski definition) is 5. The standard InChI is InChI=1S/C24H22ClN3O2S/c1-3-16-14-18(24(31-16)28-23(29)20-11-7-13-30-20)22(17-9-4-5-10-19(17)25)27-21-12-6-8-15(2)26-21/h4-14,22H,3H2,1-2H3,(H,26,27)(H,28,29)/t22-/m1/s1. The van der Waals surface area contributed by atoms with Crippen molar-refractivity contribution in [2.45, 2.75) is 26.3 Å². The van der Waals surface area contributed by atoms with Crippen molar-refractivity contribution in [3.63, 3.8) is 0 Å². The number of hydrogen-bond donors (Lipinski definition) is 2. The second kappa shape index (κ2) is 9.37. The number of aryl methyl sites for hydroxylation is 2. The molecule has 0 radical (unpaired) electrons. The molecular formula is C24H22ClN3O2S. The summed E-state index contributed by atoms with van der Waals surface area (Å²) >= 11 is 8.14. The molecule has 3 aromatic heterocycles. The number of halogens is 1. The Labute approximate surface area is 190 Å². The van der Waals surface area contributed by atoms with E-state index in [-0.39, 0.29) is 17.7 Å². The fourth-order valence-electron chi connectivity index (χ4n) is 3.32. The van der Waals surface area contributed by atoms with Gasteiger partial charge in [0.15, 0.2) is 5.76 Å². The number of rotatable bonds is 7. The third-order valence-corrected chi connectivity index (χ3v) is 6.39. The normalized spacial score (nSPS) is 11.8. The first-order valence-corrected chi connectivity index (χ1v) is 11.2. The lowest BCUT2D eigenvalue weighted by Gasteiger charge is -2.22. The Morgan fingerprint density at radius 3 is 2.68 bits per heavy atom. The van der Waals surface area contributed by atoms with Gasteiger partial charge in [0.05, 0.1) is 12.3 Å². The molecule has 0 aliphatic rings. The molecule has 4 rings (SSSR count). The largest absolute Gasteiger partial charge is 0.459 e. The molecule has 0 saturated heterocycles.